The fraction of sp³-hybridized carbons (Fsp3) is 1.00. The highest BCUT2D eigenvalue weighted by Crippen LogP contribution is 2.33. The average Bonchev–Trinajstić information content (AvgIpc) is 2.30. The highest BCUT2D eigenvalue weighted by molar-refractivity contribution is 9.09. The summed E-state index contributed by atoms with van der Waals surface area (Å²) in [6, 6.07) is 0. The van der Waals surface area contributed by atoms with Crippen LogP contribution < -0.4 is 0 Å². The van der Waals surface area contributed by atoms with Crippen molar-refractivity contribution in [2.24, 2.45) is 11.8 Å². The summed E-state index contributed by atoms with van der Waals surface area (Å²) in [6.07, 6.45) is 6.29. The Morgan fingerprint density at radius 2 is 1.67 bits per heavy atom. The normalized spacial score (nSPS) is 42.8. The monoisotopic (exact) mass is 276 g/mol. The molecule has 88 valence electrons. The summed E-state index contributed by atoms with van der Waals surface area (Å²) in [5, 5.41) is 0. The van der Waals surface area contributed by atoms with Gasteiger partial charge in [-0.1, -0.05) is 22.9 Å². The molecule has 2 fully saturated rings. The highest BCUT2D eigenvalue weighted by Gasteiger charge is 2.31. The lowest BCUT2D eigenvalue weighted by Gasteiger charge is -2.36. The van der Waals surface area contributed by atoms with E-state index in [-0.39, 0.29) is 6.29 Å². The molecule has 0 unspecified atom stereocenters. The summed E-state index contributed by atoms with van der Waals surface area (Å²) in [7, 11) is 0. The number of alkyl halides is 1. The summed E-state index contributed by atoms with van der Waals surface area (Å²) < 4.78 is 11.6. The van der Waals surface area contributed by atoms with Crippen molar-refractivity contribution in [3.63, 3.8) is 0 Å². The third kappa shape index (κ3) is 3.18. The van der Waals surface area contributed by atoms with Crippen molar-refractivity contribution in [3.05, 3.63) is 0 Å². The van der Waals surface area contributed by atoms with Crippen LogP contribution in [0.25, 0.3) is 0 Å². The van der Waals surface area contributed by atoms with E-state index in [1.165, 1.54) is 32.1 Å². The molecule has 1 saturated heterocycles. The average molecular weight is 277 g/mol. The van der Waals surface area contributed by atoms with Crippen LogP contribution in [-0.2, 0) is 9.47 Å². The van der Waals surface area contributed by atoms with Crippen LogP contribution in [-0.4, -0.2) is 24.3 Å². The standard InChI is InChI=1S/C12H21BrO2/c1-2-9-7-14-12(15-8-9)10-3-5-11(13)6-4-10/h9-12H,2-8H2,1H3/t9-,10-,11-,12-. The van der Waals surface area contributed by atoms with Crippen molar-refractivity contribution < 1.29 is 9.47 Å². The van der Waals surface area contributed by atoms with Gasteiger partial charge in [-0.05, 0) is 32.1 Å². The molecule has 15 heavy (non-hydrogen) atoms. The van der Waals surface area contributed by atoms with Crippen molar-refractivity contribution in [2.45, 2.75) is 50.1 Å². The van der Waals surface area contributed by atoms with E-state index >= 15 is 0 Å². The molecule has 0 bridgehead atoms. The molecule has 0 atom stereocenters. The van der Waals surface area contributed by atoms with Crippen molar-refractivity contribution in [3.8, 4) is 0 Å². The van der Waals surface area contributed by atoms with Crippen LogP contribution in [0.3, 0.4) is 0 Å². The molecule has 0 spiro atoms. The molecule has 0 aromatic carbocycles. The van der Waals surface area contributed by atoms with E-state index in [1.54, 1.807) is 0 Å². The summed E-state index contributed by atoms with van der Waals surface area (Å²) in [5.74, 6) is 1.25. The molecule has 3 heteroatoms. The van der Waals surface area contributed by atoms with Crippen molar-refractivity contribution in [1.29, 1.82) is 0 Å². The molecule has 2 nitrogen and oxygen atoms in total. The molecular weight excluding hydrogens is 256 g/mol. The van der Waals surface area contributed by atoms with Crippen LogP contribution in [0, 0.1) is 11.8 Å². The lowest BCUT2D eigenvalue weighted by molar-refractivity contribution is -0.228. The zero-order valence-corrected chi connectivity index (χ0v) is 11.0. The van der Waals surface area contributed by atoms with E-state index < -0.39 is 0 Å². The minimum absolute atomic E-state index is 0.0906. The molecule has 2 aliphatic rings. The Labute approximate surface area is 101 Å². The number of halogens is 1. The first-order chi connectivity index (χ1) is 7.29. The summed E-state index contributed by atoms with van der Waals surface area (Å²) >= 11 is 3.68. The Balaban J connectivity index is 1.75. The molecule has 0 amide bonds. The van der Waals surface area contributed by atoms with Gasteiger partial charge in [0.1, 0.15) is 0 Å². The van der Waals surface area contributed by atoms with E-state index in [9.17, 15) is 0 Å². The maximum atomic E-state index is 5.82. The van der Waals surface area contributed by atoms with Gasteiger partial charge in [0.15, 0.2) is 6.29 Å². The van der Waals surface area contributed by atoms with Gasteiger partial charge in [0, 0.05) is 16.7 Å². The first-order valence-corrected chi connectivity index (χ1v) is 7.08. The quantitative estimate of drug-likeness (QED) is 0.721. The second-order valence-corrected chi connectivity index (χ2v) is 6.12. The summed E-state index contributed by atoms with van der Waals surface area (Å²) in [4.78, 5) is 0.723. The molecule has 0 aromatic heterocycles. The molecule has 0 aromatic rings. The molecule has 0 N–H and O–H groups in total. The minimum Gasteiger partial charge on any atom is -0.352 e. The molecular formula is C12H21BrO2. The topological polar surface area (TPSA) is 18.5 Å². The van der Waals surface area contributed by atoms with Gasteiger partial charge in [0.05, 0.1) is 13.2 Å². The molecule has 1 aliphatic carbocycles. The summed E-state index contributed by atoms with van der Waals surface area (Å²) in [6.45, 7) is 4.00. The first-order valence-electron chi connectivity index (χ1n) is 6.17. The van der Waals surface area contributed by atoms with E-state index in [4.69, 9.17) is 9.47 Å². The van der Waals surface area contributed by atoms with Crippen molar-refractivity contribution in [2.75, 3.05) is 13.2 Å². The maximum Gasteiger partial charge on any atom is 0.160 e. The molecule has 2 rings (SSSR count). The summed E-state index contributed by atoms with van der Waals surface area (Å²) in [5.41, 5.74) is 0. The van der Waals surface area contributed by atoms with Crippen LogP contribution in [0.4, 0.5) is 0 Å². The lowest BCUT2D eigenvalue weighted by atomic mass is 9.88. The maximum absolute atomic E-state index is 5.82. The van der Waals surface area contributed by atoms with E-state index in [2.05, 4.69) is 22.9 Å². The molecule has 0 radical (unpaired) electrons. The number of ether oxygens (including phenoxy) is 2. The Hall–Kier alpha value is 0.400. The SMILES string of the molecule is CC[C@H]1CO[C@H]([C@H]2CC[C@H](Br)CC2)OC1. The van der Waals surface area contributed by atoms with Gasteiger partial charge in [-0.25, -0.2) is 0 Å². The van der Waals surface area contributed by atoms with Gasteiger partial charge in [-0.2, -0.15) is 0 Å². The second kappa shape index (κ2) is 5.65. The van der Waals surface area contributed by atoms with E-state index in [1.807, 2.05) is 0 Å². The highest BCUT2D eigenvalue weighted by atomic mass is 79.9. The van der Waals surface area contributed by atoms with Gasteiger partial charge in [0.2, 0.25) is 0 Å². The molecule has 1 saturated carbocycles. The Kier molecular flexibility index (Phi) is 4.47. The Morgan fingerprint density at radius 3 is 2.20 bits per heavy atom. The van der Waals surface area contributed by atoms with Gasteiger partial charge in [-0.15, -0.1) is 0 Å². The van der Waals surface area contributed by atoms with Crippen LogP contribution in [0.1, 0.15) is 39.0 Å². The lowest BCUT2D eigenvalue weighted by Crippen LogP contribution is -2.38. The number of rotatable bonds is 2. The largest absolute Gasteiger partial charge is 0.352 e. The third-order valence-corrected chi connectivity index (χ3v) is 4.57. The molecule has 1 aliphatic heterocycles. The van der Waals surface area contributed by atoms with Gasteiger partial charge in [0.25, 0.3) is 0 Å². The van der Waals surface area contributed by atoms with Crippen LogP contribution in [0.2, 0.25) is 0 Å². The second-order valence-electron chi connectivity index (χ2n) is 4.82. The number of hydrogen-bond donors (Lipinski definition) is 0. The van der Waals surface area contributed by atoms with E-state index in [0.29, 0.717) is 11.8 Å². The minimum atomic E-state index is 0.0906. The molecule has 1 heterocycles. The van der Waals surface area contributed by atoms with Crippen molar-refractivity contribution >= 4 is 15.9 Å². The predicted molar refractivity (Wildman–Crippen MR) is 64.1 cm³/mol. The Bertz CT molecular complexity index is 182. The van der Waals surface area contributed by atoms with Crippen LogP contribution >= 0.6 is 15.9 Å². The van der Waals surface area contributed by atoms with Gasteiger partial charge in [-0.3, -0.25) is 0 Å². The zero-order chi connectivity index (χ0) is 10.7. The first kappa shape index (κ1) is 11.9. The fourth-order valence-electron chi connectivity index (χ4n) is 2.42. The van der Waals surface area contributed by atoms with Crippen LogP contribution in [0.15, 0.2) is 0 Å². The predicted octanol–water partition coefficient (Wildman–Crippen LogP) is 3.34. The van der Waals surface area contributed by atoms with Gasteiger partial charge >= 0.3 is 0 Å². The van der Waals surface area contributed by atoms with Gasteiger partial charge < -0.3 is 9.47 Å². The fourth-order valence-corrected chi connectivity index (χ4v) is 2.95. The smallest absolute Gasteiger partial charge is 0.160 e. The van der Waals surface area contributed by atoms with E-state index in [0.717, 1.165) is 18.0 Å². The number of hydrogen-bond acceptors (Lipinski definition) is 2. The van der Waals surface area contributed by atoms with Crippen LogP contribution in [0.5, 0.6) is 0 Å². The third-order valence-electron chi connectivity index (χ3n) is 3.66. The zero-order valence-electron chi connectivity index (χ0n) is 9.45. The van der Waals surface area contributed by atoms with Crippen molar-refractivity contribution in [1.82, 2.24) is 0 Å². The Morgan fingerprint density at radius 1 is 1.07 bits per heavy atom.